The van der Waals surface area contributed by atoms with Crippen molar-refractivity contribution in [1.82, 2.24) is 0 Å². The third-order valence-corrected chi connectivity index (χ3v) is 12.1. The molecule has 4 aliphatic carbocycles. The van der Waals surface area contributed by atoms with Crippen molar-refractivity contribution in [2.24, 2.45) is 28.6 Å². The molecule has 0 radical (unpaired) electrons. The maximum Gasteiger partial charge on any atom is 0.334 e. The molecular formula is C28H36O7. The Morgan fingerprint density at radius 3 is 2.54 bits per heavy atom. The standard InChI is InChI=1S/C28H36O7/c1-13-10-20(33-23(31)14(13)2)26(5,32)28-22(35-28)12-17-15-11-21-27(34-21)19(30)7-6-18(29)25(27,4)16(15)8-9-24(17,28)3/h6-7,15-17,19-22,30,32H,8-12H2,1-5H3/t15-,16-,17-,19-,20+,21+,22+,24-,25-,26-,27+,28+/m0/s1. The van der Waals surface area contributed by atoms with Crippen LogP contribution in [0.1, 0.15) is 66.7 Å². The predicted octanol–water partition coefficient (Wildman–Crippen LogP) is 2.63. The highest BCUT2D eigenvalue weighted by molar-refractivity contribution is 5.98. The Labute approximate surface area is 205 Å². The number of aliphatic hydroxyl groups excluding tert-OH is 1. The quantitative estimate of drug-likeness (QED) is 0.458. The topological polar surface area (TPSA) is 109 Å². The summed E-state index contributed by atoms with van der Waals surface area (Å²) in [5.74, 6) is 0.339. The number of epoxide rings is 2. The summed E-state index contributed by atoms with van der Waals surface area (Å²) < 4.78 is 18.4. The van der Waals surface area contributed by atoms with Gasteiger partial charge >= 0.3 is 5.97 Å². The van der Waals surface area contributed by atoms with Crippen molar-refractivity contribution in [3.63, 3.8) is 0 Å². The second kappa shape index (κ2) is 6.29. The molecule has 5 fully saturated rings. The number of cyclic esters (lactones) is 1. The van der Waals surface area contributed by atoms with E-state index in [-0.39, 0.29) is 47.1 Å². The average molecular weight is 485 g/mol. The number of fused-ring (bicyclic) bond motifs is 6. The summed E-state index contributed by atoms with van der Waals surface area (Å²) in [5.41, 5.74) is -2.36. The van der Waals surface area contributed by atoms with E-state index in [4.69, 9.17) is 14.2 Å². The zero-order valence-corrected chi connectivity index (χ0v) is 21.2. The molecule has 2 N–H and O–H groups in total. The van der Waals surface area contributed by atoms with Crippen molar-refractivity contribution in [3.05, 3.63) is 23.3 Å². The number of hydrogen-bond donors (Lipinski definition) is 2. The molecule has 0 amide bonds. The Morgan fingerprint density at radius 2 is 1.83 bits per heavy atom. The van der Waals surface area contributed by atoms with E-state index in [1.165, 1.54) is 0 Å². The van der Waals surface area contributed by atoms with Crippen LogP contribution in [-0.4, -0.2) is 63.2 Å². The van der Waals surface area contributed by atoms with Gasteiger partial charge in [0, 0.05) is 17.4 Å². The molecular weight excluding hydrogens is 448 g/mol. The SMILES string of the molecule is CC1=C(C)C(=O)O[C@@H]([C@](C)(O)[C@@]23O[C@@H]2C[C@H]2[C@H]4C[C@H]5O[C@]56[C@@H](O)C=CC(=O)[C@]6(C)[C@H]4CC[C@@]23C)C1. The van der Waals surface area contributed by atoms with Gasteiger partial charge in [-0.1, -0.05) is 12.5 Å². The van der Waals surface area contributed by atoms with Crippen molar-refractivity contribution in [2.45, 2.75) is 108 Å². The zero-order valence-electron chi connectivity index (χ0n) is 21.2. The van der Waals surface area contributed by atoms with Gasteiger partial charge in [-0.25, -0.2) is 4.79 Å². The van der Waals surface area contributed by atoms with E-state index in [1.807, 2.05) is 13.8 Å². The first-order valence-electron chi connectivity index (χ1n) is 13.2. The molecule has 1 spiro atoms. The fourth-order valence-electron chi connectivity index (χ4n) is 9.98. The number of ether oxygens (including phenoxy) is 3. The van der Waals surface area contributed by atoms with Gasteiger partial charge in [0.2, 0.25) is 0 Å². The molecule has 12 atom stereocenters. The van der Waals surface area contributed by atoms with E-state index >= 15 is 0 Å². The van der Waals surface area contributed by atoms with Crippen LogP contribution in [0.25, 0.3) is 0 Å². The van der Waals surface area contributed by atoms with Crippen molar-refractivity contribution in [1.29, 1.82) is 0 Å². The molecule has 7 rings (SSSR count). The van der Waals surface area contributed by atoms with Gasteiger partial charge in [-0.15, -0.1) is 0 Å². The van der Waals surface area contributed by atoms with Gasteiger partial charge in [0.1, 0.15) is 29.0 Å². The fourth-order valence-corrected chi connectivity index (χ4v) is 9.98. The molecule has 0 aromatic carbocycles. The van der Waals surface area contributed by atoms with Crippen molar-refractivity contribution < 1.29 is 34.0 Å². The second-order valence-electron chi connectivity index (χ2n) is 13.1. The summed E-state index contributed by atoms with van der Waals surface area (Å²) in [7, 11) is 0. The minimum Gasteiger partial charge on any atom is -0.455 e. The molecule has 3 saturated carbocycles. The third kappa shape index (κ3) is 2.22. The van der Waals surface area contributed by atoms with Crippen LogP contribution in [0.5, 0.6) is 0 Å². The molecule has 7 aliphatic rings. The first-order chi connectivity index (χ1) is 16.4. The van der Waals surface area contributed by atoms with Crippen LogP contribution in [0.2, 0.25) is 0 Å². The van der Waals surface area contributed by atoms with Gasteiger partial charge in [0.05, 0.1) is 17.6 Å². The number of ketones is 1. The molecule has 2 saturated heterocycles. The lowest BCUT2D eigenvalue weighted by atomic mass is 9.44. The molecule has 0 bridgehead atoms. The summed E-state index contributed by atoms with van der Waals surface area (Å²) in [6.45, 7) is 9.75. The first kappa shape index (κ1) is 22.6. The molecule has 7 heteroatoms. The summed E-state index contributed by atoms with van der Waals surface area (Å²) >= 11 is 0. The van der Waals surface area contributed by atoms with E-state index in [0.717, 1.165) is 31.3 Å². The maximum absolute atomic E-state index is 13.3. The minimum atomic E-state index is -1.33. The van der Waals surface area contributed by atoms with Crippen molar-refractivity contribution >= 4 is 11.8 Å². The largest absolute Gasteiger partial charge is 0.455 e. The fraction of sp³-hybridized carbons (Fsp3) is 0.786. The van der Waals surface area contributed by atoms with E-state index in [0.29, 0.717) is 12.0 Å². The Morgan fingerprint density at radius 1 is 1.09 bits per heavy atom. The zero-order chi connectivity index (χ0) is 24.9. The second-order valence-corrected chi connectivity index (χ2v) is 13.1. The average Bonchev–Trinajstić information content (AvgIpc) is 3.69. The smallest absolute Gasteiger partial charge is 0.334 e. The van der Waals surface area contributed by atoms with Gasteiger partial charge in [0.25, 0.3) is 0 Å². The van der Waals surface area contributed by atoms with Crippen LogP contribution in [0.15, 0.2) is 23.3 Å². The third-order valence-electron chi connectivity index (χ3n) is 12.1. The van der Waals surface area contributed by atoms with Crippen LogP contribution < -0.4 is 0 Å². The number of hydrogen-bond acceptors (Lipinski definition) is 7. The molecule has 35 heavy (non-hydrogen) atoms. The van der Waals surface area contributed by atoms with E-state index in [2.05, 4.69) is 6.92 Å². The normalized spacial score (nSPS) is 57.3. The number of allylic oxidation sites excluding steroid dienone is 1. The van der Waals surface area contributed by atoms with Gasteiger partial charge in [0.15, 0.2) is 5.78 Å². The maximum atomic E-state index is 13.3. The van der Waals surface area contributed by atoms with E-state index in [9.17, 15) is 19.8 Å². The highest BCUT2D eigenvalue weighted by Crippen LogP contribution is 2.78. The van der Waals surface area contributed by atoms with Gasteiger partial charge in [-0.2, -0.15) is 0 Å². The lowest BCUT2D eigenvalue weighted by Gasteiger charge is -2.59. The van der Waals surface area contributed by atoms with Crippen LogP contribution in [0.3, 0.4) is 0 Å². The highest BCUT2D eigenvalue weighted by Gasteiger charge is 2.87. The Balaban J connectivity index is 1.24. The van der Waals surface area contributed by atoms with Crippen LogP contribution >= 0.6 is 0 Å². The molecule has 7 nitrogen and oxygen atoms in total. The van der Waals surface area contributed by atoms with Gasteiger partial charge in [-0.05, 0) is 83.3 Å². The highest BCUT2D eigenvalue weighted by atomic mass is 16.6. The Hall–Kier alpha value is -1.54. The number of rotatable bonds is 2. The minimum absolute atomic E-state index is 0.0662. The first-order valence-corrected chi connectivity index (χ1v) is 13.2. The van der Waals surface area contributed by atoms with E-state index < -0.39 is 34.4 Å². The Kier molecular flexibility index (Phi) is 4.07. The number of carbonyl (C=O) groups excluding carboxylic acids is 2. The number of carbonyl (C=O) groups is 2. The van der Waals surface area contributed by atoms with Crippen LogP contribution in [-0.2, 0) is 23.8 Å². The van der Waals surface area contributed by atoms with E-state index in [1.54, 1.807) is 26.0 Å². The van der Waals surface area contributed by atoms with Crippen LogP contribution in [0, 0.1) is 28.6 Å². The number of aliphatic hydroxyl groups is 2. The summed E-state index contributed by atoms with van der Waals surface area (Å²) in [5, 5.41) is 22.9. The molecule has 0 aromatic heterocycles. The van der Waals surface area contributed by atoms with Gasteiger partial charge < -0.3 is 24.4 Å². The monoisotopic (exact) mass is 484 g/mol. The molecule has 3 heterocycles. The Bertz CT molecular complexity index is 1120. The van der Waals surface area contributed by atoms with Crippen LogP contribution in [0.4, 0.5) is 0 Å². The molecule has 190 valence electrons. The molecule has 0 unspecified atom stereocenters. The lowest BCUT2D eigenvalue weighted by Crippen LogP contribution is -2.66. The molecule has 0 aromatic rings. The summed E-state index contributed by atoms with van der Waals surface area (Å²) in [4.78, 5) is 25.9. The van der Waals surface area contributed by atoms with Crippen molar-refractivity contribution in [3.8, 4) is 0 Å². The van der Waals surface area contributed by atoms with Gasteiger partial charge in [-0.3, -0.25) is 4.79 Å². The van der Waals surface area contributed by atoms with Crippen molar-refractivity contribution in [2.75, 3.05) is 0 Å². The predicted molar refractivity (Wildman–Crippen MR) is 124 cm³/mol. The summed E-state index contributed by atoms with van der Waals surface area (Å²) in [6.07, 6.45) is 5.32. The lowest BCUT2D eigenvalue weighted by molar-refractivity contribution is -0.199. The number of esters is 1. The molecule has 3 aliphatic heterocycles. The summed E-state index contributed by atoms with van der Waals surface area (Å²) in [6, 6.07) is 0.